The molecule has 16 heavy (non-hydrogen) atoms. The molecule has 2 heterocycles. The SMILES string of the molecule is O=C(C1C=CN=C(F)CN=C1)N1CCCC1. The molecule has 2 rings (SSSR count). The summed E-state index contributed by atoms with van der Waals surface area (Å²) in [7, 11) is 0. The number of hydrogen-bond acceptors (Lipinski definition) is 3. The first-order chi connectivity index (χ1) is 7.77. The van der Waals surface area contributed by atoms with Crippen LogP contribution in [0, 0.1) is 5.92 Å². The van der Waals surface area contributed by atoms with Gasteiger partial charge in [0, 0.05) is 25.5 Å². The smallest absolute Gasteiger partial charge is 0.234 e. The van der Waals surface area contributed by atoms with Gasteiger partial charge in [-0.2, -0.15) is 4.39 Å². The Labute approximate surface area is 93.6 Å². The van der Waals surface area contributed by atoms with Crippen LogP contribution in [-0.4, -0.2) is 42.6 Å². The van der Waals surface area contributed by atoms with Gasteiger partial charge in [0.1, 0.15) is 6.54 Å². The molecular formula is C11H14FN3O. The Morgan fingerprint density at radius 1 is 1.44 bits per heavy atom. The van der Waals surface area contributed by atoms with Crippen molar-refractivity contribution in [2.75, 3.05) is 19.6 Å². The summed E-state index contributed by atoms with van der Waals surface area (Å²) in [6, 6.07) is 0. The van der Waals surface area contributed by atoms with Gasteiger partial charge >= 0.3 is 0 Å². The lowest BCUT2D eigenvalue weighted by Gasteiger charge is -2.18. The van der Waals surface area contributed by atoms with E-state index in [1.165, 1.54) is 12.4 Å². The van der Waals surface area contributed by atoms with Crippen LogP contribution >= 0.6 is 0 Å². The average Bonchev–Trinajstić information content (AvgIpc) is 2.75. The Kier molecular flexibility index (Phi) is 3.44. The van der Waals surface area contributed by atoms with Crippen LogP contribution < -0.4 is 0 Å². The van der Waals surface area contributed by atoms with Crippen molar-refractivity contribution in [2.45, 2.75) is 12.8 Å². The lowest BCUT2D eigenvalue weighted by molar-refractivity contribution is -0.130. The van der Waals surface area contributed by atoms with Crippen molar-refractivity contribution >= 4 is 18.1 Å². The number of hydrogen-bond donors (Lipinski definition) is 0. The summed E-state index contributed by atoms with van der Waals surface area (Å²) in [5.41, 5.74) is 0. The zero-order valence-electron chi connectivity index (χ0n) is 8.97. The van der Waals surface area contributed by atoms with Crippen molar-refractivity contribution in [2.24, 2.45) is 15.9 Å². The largest absolute Gasteiger partial charge is 0.342 e. The van der Waals surface area contributed by atoms with Crippen molar-refractivity contribution in [3.05, 3.63) is 12.3 Å². The maximum Gasteiger partial charge on any atom is 0.234 e. The zero-order valence-corrected chi connectivity index (χ0v) is 8.97. The van der Waals surface area contributed by atoms with Crippen LogP contribution in [0.5, 0.6) is 0 Å². The Morgan fingerprint density at radius 3 is 2.94 bits per heavy atom. The van der Waals surface area contributed by atoms with Crippen LogP contribution in [-0.2, 0) is 4.79 Å². The summed E-state index contributed by atoms with van der Waals surface area (Å²) in [6.45, 7) is 1.55. The Bertz CT molecular complexity index is 356. The molecule has 0 N–H and O–H groups in total. The Balaban J connectivity index is 2.06. The van der Waals surface area contributed by atoms with Crippen molar-refractivity contribution in [3.8, 4) is 0 Å². The average molecular weight is 223 g/mol. The van der Waals surface area contributed by atoms with E-state index in [0.29, 0.717) is 0 Å². The fourth-order valence-electron chi connectivity index (χ4n) is 1.84. The van der Waals surface area contributed by atoms with Gasteiger partial charge in [-0.1, -0.05) is 0 Å². The minimum absolute atomic E-state index is 0.0370. The number of halogens is 1. The van der Waals surface area contributed by atoms with Gasteiger partial charge < -0.3 is 4.90 Å². The fourth-order valence-corrected chi connectivity index (χ4v) is 1.84. The minimum atomic E-state index is -0.528. The second-order valence-electron chi connectivity index (χ2n) is 3.89. The van der Waals surface area contributed by atoms with Gasteiger partial charge in [0.2, 0.25) is 11.9 Å². The van der Waals surface area contributed by atoms with Gasteiger partial charge in [-0.3, -0.25) is 9.79 Å². The molecule has 4 nitrogen and oxygen atoms in total. The van der Waals surface area contributed by atoms with Crippen LogP contribution in [0.3, 0.4) is 0 Å². The topological polar surface area (TPSA) is 45.0 Å². The molecule has 1 unspecified atom stereocenters. The fraction of sp³-hybridized carbons (Fsp3) is 0.545. The van der Waals surface area contributed by atoms with Crippen molar-refractivity contribution < 1.29 is 9.18 Å². The molecule has 1 atom stereocenters. The van der Waals surface area contributed by atoms with E-state index in [1.54, 1.807) is 6.08 Å². The van der Waals surface area contributed by atoms with Gasteiger partial charge in [-0.25, -0.2) is 4.99 Å². The van der Waals surface area contributed by atoms with Gasteiger partial charge in [-0.05, 0) is 18.9 Å². The third kappa shape index (κ3) is 2.53. The molecule has 0 aliphatic carbocycles. The first kappa shape index (κ1) is 11.0. The molecule has 0 saturated carbocycles. The normalized spacial score (nSPS) is 25.2. The molecule has 0 radical (unpaired) electrons. The summed E-state index contributed by atoms with van der Waals surface area (Å²) in [5, 5.41) is 0. The van der Waals surface area contributed by atoms with E-state index in [4.69, 9.17) is 0 Å². The predicted octanol–water partition coefficient (Wildman–Crippen LogP) is 1.19. The number of carbonyl (C=O) groups excluding carboxylic acids is 1. The van der Waals surface area contributed by atoms with Crippen LogP contribution in [0.15, 0.2) is 22.3 Å². The number of rotatable bonds is 1. The lowest BCUT2D eigenvalue weighted by atomic mass is 10.1. The number of carbonyl (C=O) groups is 1. The quantitative estimate of drug-likeness (QED) is 0.658. The third-order valence-electron chi connectivity index (χ3n) is 2.70. The second kappa shape index (κ2) is 5.01. The van der Waals surface area contributed by atoms with E-state index >= 15 is 0 Å². The molecule has 0 spiro atoms. The van der Waals surface area contributed by atoms with E-state index in [-0.39, 0.29) is 12.5 Å². The van der Waals surface area contributed by atoms with Gasteiger partial charge in [0.05, 0.1) is 5.92 Å². The van der Waals surface area contributed by atoms with Gasteiger partial charge in [0.25, 0.3) is 0 Å². The third-order valence-corrected chi connectivity index (χ3v) is 2.70. The summed E-state index contributed by atoms with van der Waals surface area (Å²) in [4.78, 5) is 21.2. The number of amides is 1. The standard InChI is InChI=1S/C11H14FN3O/c12-10-8-13-7-9(3-4-14-10)11(16)15-5-1-2-6-15/h3-4,7,9H,1-2,5-6,8H2. The molecule has 0 aromatic rings. The number of nitrogens with zero attached hydrogens (tertiary/aromatic N) is 3. The number of aliphatic imine (C=N–C) groups is 2. The van der Waals surface area contributed by atoms with Crippen molar-refractivity contribution in [3.63, 3.8) is 0 Å². The highest BCUT2D eigenvalue weighted by atomic mass is 19.1. The molecule has 0 aromatic heterocycles. The molecule has 86 valence electrons. The highest BCUT2D eigenvalue weighted by Crippen LogP contribution is 2.13. The van der Waals surface area contributed by atoms with E-state index < -0.39 is 11.9 Å². The summed E-state index contributed by atoms with van der Waals surface area (Å²) < 4.78 is 12.7. The van der Waals surface area contributed by atoms with E-state index in [9.17, 15) is 9.18 Å². The van der Waals surface area contributed by atoms with Crippen LogP contribution in [0.2, 0.25) is 0 Å². The van der Waals surface area contributed by atoms with E-state index in [0.717, 1.165) is 25.9 Å². The molecule has 1 amide bonds. The molecule has 2 aliphatic rings. The molecule has 5 heteroatoms. The van der Waals surface area contributed by atoms with Crippen molar-refractivity contribution in [1.82, 2.24) is 4.90 Å². The van der Waals surface area contributed by atoms with Crippen LogP contribution in [0.4, 0.5) is 4.39 Å². The maximum absolute atomic E-state index is 12.7. The zero-order chi connectivity index (χ0) is 11.4. The van der Waals surface area contributed by atoms with Gasteiger partial charge in [0.15, 0.2) is 0 Å². The second-order valence-corrected chi connectivity index (χ2v) is 3.89. The molecule has 0 bridgehead atoms. The van der Waals surface area contributed by atoms with Crippen LogP contribution in [0.1, 0.15) is 12.8 Å². The Morgan fingerprint density at radius 2 is 2.19 bits per heavy atom. The highest BCUT2D eigenvalue weighted by Gasteiger charge is 2.23. The molecule has 2 aliphatic heterocycles. The van der Waals surface area contributed by atoms with E-state index in [1.807, 2.05) is 4.90 Å². The predicted molar refractivity (Wildman–Crippen MR) is 60.3 cm³/mol. The molecule has 1 saturated heterocycles. The maximum atomic E-state index is 12.7. The molecule has 1 fully saturated rings. The number of likely N-dealkylation sites (tertiary alicyclic amines) is 1. The van der Waals surface area contributed by atoms with Gasteiger partial charge in [-0.15, -0.1) is 0 Å². The summed E-state index contributed by atoms with van der Waals surface area (Å²) in [5.74, 6) is -0.885. The monoisotopic (exact) mass is 223 g/mol. The Hall–Kier alpha value is -1.52. The summed E-state index contributed by atoms with van der Waals surface area (Å²) in [6.07, 6.45) is 6.56. The van der Waals surface area contributed by atoms with E-state index in [2.05, 4.69) is 9.98 Å². The minimum Gasteiger partial charge on any atom is -0.342 e. The highest BCUT2D eigenvalue weighted by molar-refractivity contribution is 5.96. The first-order valence-electron chi connectivity index (χ1n) is 5.45. The first-order valence-corrected chi connectivity index (χ1v) is 5.45. The van der Waals surface area contributed by atoms with Crippen LogP contribution in [0.25, 0.3) is 0 Å². The van der Waals surface area contributed by atoms with Crippen molar-refractivity contribution in [1.29, 1.82) is 0 Å². The molecular weight excluding hydrogens is 209 g/mol. The summed E-state index contributed by atoms with van der Waals surface area (Å²) >= 11 is 0. The lowest BCUT2D eigenvalue weighted by Crippen LogP contribution is -2.33. The molecule has 0 aromatic carbocycles.